The van der Waals surface area contributed by atoms with Crippen molar-refractivity contribution in [3.8, 4) is 0 Å². The maximum absolute atomic E-state index is 12.5. The number of hydrogen-bond donors (Lipinski definition) is 0. The fourth-order valence-corrected chi connectivity index (χ4v) is 3.02. The lowest BCUT2D eigenvalue weighted by atomic mass is 10.0. The van der Waals surface area contributed by atoms with Crippen molar-refractivity contribution in [2.24, 2.45) is 0 Å². The van der Waals surface area contributed by atoms with Gasteiger partial charge in [-0.1, -0.05) is 42.5 Å². The van der Waals surface area contributed by atoms with E-state index in [0.717, 1.165) is 5.56 Å². The van der Waals surface area contributed by atoms with Crippen molar-refractivity contribution in [2.45, 2.75) is 32.5 Å². The molecule has 2 unspecified atom stereocenters. The Morgan fingerprint density at radius 2 is 1.76 bits per heavy atom. The molecule has 1 amide bonds. The number of hydrogen-bond acceptors (Lipinski definition) is 2. The number of ether oxygens (including phenoxy) is 1. The maximum Gasteiger partial charge on any atom is 0.227 e. The van der Waals surface area contributed by atoms with Gasteiger partial charge in [0.2, 0.25) is 5.91 Å². The minimum Gasteiger partial charge on any atom is -0.372 e. The summed E-state index contributed by atoms with van der Waals surface area (Å²) in [5.41, 5.74) is 1.07. The normalized spacial score (nSPS) is 22.5. The monoisotopic (exact) mass is 283 g/mol. The van der Waals surface area contributed by atoms with Gasteiger partial charge in [-0.05, 0) is 30.2 Å². The zero-order valence-electron chi connectivity index (χ0n) is 12.6. The Bertz CT molecular complexity index is 642. The zero-order valence-corrected chi connectivity index (χ0v) is 12.6. The van der Waals surface area contributed by atoms with Crippen LogP contribution in [-0.4, -0.2) is 36.1 Å². The number of carbonyl (C=O) groups excluding carboxylic acids is 1. The molecule has 0 saturated carbocycles. The third-order valence-corrected chi connectivity index (χ3v) is 3.94. The standard InChI is InChI=1S/C18H21NO2/c1-13-11-19(12-14(2)21-13)18(20)10-15-7-8-16-5-3-4-6-17(16)9-15/h3-9,13-14H,10-12H2,1-2H3. The Kier molecular flexibility index (Phi) is 3.93. The van der Waals surface area contributed by atoms with E-state index in [4.69, 9.17) is 4.74 Å². The molecule has 0 radical (unpaired) electrons. The van der Waals surface area contributed by atoms with E-state index in [2.05, 4.69) is 24.3 Å². The topological polar surface area (TPSA) is 29.5 Å². The van der Waals surface area contributed by atoms with Crippen LogP contribution < -0.4 is 0 Å². The van der Waals surface area contributed by atoms with E-state index in [0.29, 0.717) is 19.5 Å². The molecule has 0 spiro atoms. The van der Waals surface area contributed by atoms with Gasteiger partial charge in [-0.25, -0.2) is 0 Å². The van der Waals surface area contributed by atoms with Crippen molar-refractivity contribution < 1.29 is 9.53 Å². The van der Waals surface area contributed by atoms with Gasteiger partial charge in [-0.15, -0.1) is 0 Å². The minimum atomic E-state index is 0.120. The lowest BCUT2D eigenvalue weighted by molar-refractivity contribution is -0.142. The highest BCUT2D eigenvalue weighted by Gasteiger charge is 2.25. The highest BCUT2D eigenvalue weighted by molar-refractivity contribution is 5.85. The smallest absolute Gasteiger partial charge is 0.227 e. The molecule has 3 nitrogen and oxygen atoms in total. The second-order valence-corrected chi connectivity index (χ2v) is 5.91. The molecule has 0 N–H and O–H groups in total. The molecule has 2 aromatic rings. The second-order valence-electron chi connectivity index (χ2n) is 5.91. The average Bonchev–Trinajstić information content (AvgIpc) is 2.46. The molecule has 1 fully saturated rings. The van der Waals surface area contributed by atoms with Crippen LogP contribution in [0, 0.1) is 0 Å². The lowest BCUT2D eigenvalue weighted by Crippen LogP contribution is -2.48. The first-order valence-electron chi connectivity index (χ1n) is 7.53. The van der Waals surface area contributed by atoms with Gasteiger partial charge in [-0.2, -0.15) is 0 Å². The summed E-state index contributed by atoms with van der Waals surface area (Å²) in [5.74, 6) is 0.187. The quantitative estimate of drug-likeness (QED) is 0.848. The molecule has 3 rings (SSSR count). The van der Waals surface area contributed by atoms with Crippen LogP contribution in [0.3, 0.4) is 0 Å². The van der Waals surface area contributed by atoms with E-state index >= 15 is 0 Å². The first kappa shape index (κ1) is 14.1. The number of amides is 1. The van der Waals surface area contributed by atoms with Crippen LogP contribution in [0.4, 0.5) is 0 Å². The Morgan fingerprint density at radius 3 is 2.48 bits per heavy atom. The fraction of sp³-hybridized carbons (Fsp3) is 0.389. The van der Waals surface area contributed by atoms with E-state index in [1.807, 2.05) is 36.9 Å². The summed E-state index contributed by atoms with van der Waals surface area (Å²) in [6.07, 6.45) is 0.702. The molecule has 1 aliphatic heterocycles. The molecule has 2 aromatic carbocycles. The van der Waals surface area contributed by atoms with Gasteiger partial charge >= 0.3 is 0 Å². The van der Waals surface area contributed by atoms with Crippen molar-refractivity contribution in [3.05, 3.63) is 48.0 Å². The molecule has 0 aromatic heterocycles. The molecular weight excluding hydrogens is 262 g/mol. The maximum atomic E-state index is 12.5. The Balaban J connectivity index is 1.73. The van der Waals surface area contributed by atoms with E-state index in [9.17, 15) is 4.79 Å². The molecule has 0 aliphatic carbocycles. The van der Waals surface area contributed by atoms with Gasteiger partial charge in [0.25, 0.3) is 0 Å². The number of fused-ring (bicyclic) bond motifs is 1. The van der Waals surface area contributed by atoms with Gasteiger partial charge in [0.1, 0.15) is 0 Å². The van der Waals surface area contributed by atoms with E-state index in [1.165, 1.54) is 10.8 Å². The summed E-state index contributed by atoms with van der Waals surface area (Å²) < 4.78 is 5.68. The fourth-order valence-electron chi connectivity index (χ4n) is 3.02. The van der Waals surface area contributed by atoms with Gasteiger partial charge in [0.15, 0.2) is 0 Å². The molecule has 110 valence electrons. The average molecular weight is 283 g/mol. The number of nitrogens with zero attached hydrogens (tertiary/aromatic N) is 1. The van der Waals surface area contributed by atoms with Crippen molar-refractivity contribution >= 4 is 16.7 Å². The molecule has 2 atom stereocenters. The van der Waals surface area contributed by atoms with Gasteiger partial charge in [0.05, 0.1) is 18.6 Å². The van der Waals surface area contributed by atoms with Gasteiger partial charge in [-0.3, -0.25) is 4.79 Å². The molecule has 1 saturated heterocycles. The summed E-state index contributed by atoms with van der Waals surface area (Å²) >= 11 is 0. The van der Waals surface area contributed by atoms with E-state index in [-0.39, 0.29) is 18.1 Å². The van der Waals surface area contributed by atoms with Crippen molar-refractivity contribution in [1.29, 1.82) is 0 Å². The van der Waals surface area contributed by atoms with Crippen LogP contribution in [0.15, 0.2) is 42.5 Å². The van der Waals surface area contributed by atoms with Gasteiger partial charge in [0, 0.05) is 13.1 Å². The van der Waals surface area contributed by atoms with Crippen molar-refractivity contribution in [2.75, 3.05) is 13.1 Å². The Morgan fingerprint density at radius 1 is 1.10 bits per heavy atom. The van der Waals surface area contributed by atoms with E-state index < -0.39 is 0 Å². The lowest BCUT2D eigenvalue weighted by Gasteiger charge is -2.35. The second kappa shape index (κ2) is 5.86. The predicted octanol–water partition coefficient (Wildman–Crippen LogP) is 3.02. The molecule has 3 heteroatoms. The number of rotatable bonds is 2. The third kappa shape index (κ3) is 3.24. The summed E-state index contributed by atoms with van der Waals surface area (Å²) in [7, 11) is 0. The molecule has 21 heavy (non-hydrogen) atoms. The summed E-state index contributed by atoms with van der Waals surface area (Å²) in [4.78, 5) is 14.4. The summed E-state index contributed by atoms with van der Waals surface area (Å²) in [6, 6.07) is 14.5. The van der Waals surface area contributed by atoms with Crippen molar-refractivity contribution in [3.63, 3.8) is 0 Å². The van der Waals surface area contributed by atoms with Crippen LogP contribution >= 0.6 is 0 Å². The number of benzene rings is 2. The highest BCUT2D eigenvalue weighted by Crippen LogP contribution is 2.17. The number of morpholine rings is 1. The predicted molar refractivity (Wildman–Crippen MR) is 84.2 cm³/mol. The van der Waals surface area contributed by atoms with Crippen LogP contribution in [-0.2, 0) is 16.0 Å². The van der Waals surface area contributed by atoms with Crippen molar-refractivity contribution in [1.82, 2.24) is 4.90 Å². The Labute approximate surface area is 125 Å². The first-order chi connectivity index (χ1) is 10.1. The Hall–Kier alpha value is -1.87. The molecule has 0 bridgehead atoms. The summed E-state index contributed by atoms with van der Waals surface area (Å²) in [6.45, 7) is 5.42. The highest BCUT2D eigenvalue weighted by atomic mass is 16.5. The van der Waals surface area contributed by atoms with Crippen LogP contribution in [0.5, 0.6) is 0 Å². The molecular formula is C18H21NO2. The van der Waals surface area contributed by atoms with E-state index in [1.54, 1.807) is 0 Å². The molecule has 1 heterocycles. The SMILES string of the molecule is CC1CN(C(=O)Cc2ccc3ccccc3c2)CC(C)O1. The first-order valence-corrected chi connectivity index (χ1v) is 7.53. The molecule has 1 aliphatic rings. The van der Waals surface area contributed by atoms with Crippen LogP contribution in [0.2, 0.25) is 0 Å². The number of carbonyl (C=O) groups is 1. The van der Waals surface area contributed by atoms with Crippen LogP contribution in [0.1, 0.15) is 19.4 Å². The zero-order chi connectivity index (χ0) is 14.8. The summed E-state index contributed by atoms with van der Waals surface area (Å²) in [5, 5.41) is 2.40. The van der Waals surface area contributed by atoms with Crippen LogP contribution in [0.25, 0.3) is 10.8 Å². The van der Waals surface area contributed by atoms with Gasteiger partial charge < -0.3 is 9.64 Å². The third-order valence-electron chi connectivity index (χ3n) is 3.94. The largest absolute Gasteiger partial charge is 0.372 e. The minimum absolute atomic E-state index is 0.120.